The molecule has 1 amide bonds. The van der Waals surface area contributed by atoms with E-state index in [0.717, 1.165) is 5.56 Å². The van der Waals surface area contributed by atoms with Crippen LogP contribution in [0.1, 0.15) is 18.9 Å². The van der Waals surface area contributed by atoms with Crippen molar-refractivity contribution in [3.8, 4) is 0 Å². The van der Waals surface area contributed by atoms with Crippen molar-refractivity contribution in [2.24, 2.45) is 5.73 Å². The summed E-state index contributed by atoms with van der Waals surface area (Å²) in [6, 6.07) is 3.30. The second kappa shape index (κ2) is 6.81. The van der Waals surface area contributed by atoms with Gasteiger partial charge in [-0.1, -0.05) is 6.08 Å². The molecule has 92 valence electrons. The van der Waals surface area contributed by atoms with E-state index in [1.165, 1.54) is 0 Å². The summed E-state index contributed by atoms with van der Waals surface area (Å²) in [6.45, 7) is 6.75. The van der Waals surface area contributed by atoms with Crippen LogP contribution in [0, 0.1) is 0 Å². The lowest BCUT2D eigenvalue weighted by molar-refractivity contribution is -0.132. The summed E-state index contributed by atoms with van der Waals surface area (Å²) in [5.74, 6) is -0.0378. The zero-order valence-electron chi connectivity index (χ0n) is 10.2. The summed E-state index contributed by atoms with van der Waals surface area (Å²) < 4.78 is 0. The standard InChI is InChI=1S/C13H19N3O/c1-3-5-12(14)13(17)16(4-2)10-11-6-8-15-9-7-11/h3,6-9,12H,1,4-5,10,14H2,2H3. The van der Waals surface area contributed by atoms with Gasteiger partial charge in [0.15, 0.2) is 0 Å². The second-order valence-corrected chi connectivity index (χ2v) is 3.84. The van der Waals surface area contributed by atoms with Crippen LogP contribution in [0.4, 0.5) is 0 Å². The summed E-state index contributed by atoms with van der Waals surface area (Å²) >= 11 is 0. The maximum atomic E-state index is 12.0. The topological polar surface area (TPSA) is 59.2 Å². The third-order valence-corrected chi connectivity index (χ3v) is 2.55. The van der Waals surface area contributed by atoms with Gasteiger partial charge in [-0.05, 0) is 31.0 Å². The van der Waals surface area contributed by atoms with Crippen LogP contribution in [0.3, 0.4) is 0 Å². The molecule has 0 aliphatic heterocycles. The Morgan fingerprint density at radius 1 is 1.59 bits per heavy atom. The van der Waals surface area contributed by atoms with Gasteiger partial charge < -0.3 is 10.6 Å². The summed E-state index contributed by atoms with van der Waals surface area (Å²) in [4.78, 5) is 17.7. The Bertz CT molecular complexity index is 364. The van der Waals surface area contributed by atoms with E-state index in [0.29, 0.717) is 19.5 Å². The molecule has 0 bridgehead atoms. The molecule has 17 heavy (non-hydrogen) atoms. The minimum absolute atomic E-state index is 0.0378. The quantitative estimate of drug-likeness (QED) is 0.754. The van der Waals surface area contributed by atoms with E-state index in [2.05, 4.69) is 11.6 Å². The molecule has 0 aliphatic rings. The van der Waals surface area contributed by atoms with E-state index in [9.17, 15) is 4.79 Å². The maximum Gasteiger partial charge on any atom is 0.240 e. The fourth-order valence-electron chi connectivity index (χ4n) is 1.57. The Kier molecular flexibility index (Phi) is 5.36. The van der Waals surface area contributed by atoms with Gasteiger partial charge in [-0.3, -0.25) is 9.78 Å². The lowest BCUT2D eigenvalue weighted by Gasteiger charge is -2.23. The van der Waals surface area contributed by atoms with Crippen molar-refractivity contribution in [2.45, 2.75) is 25.9 Å². The molecule has 1 rings (SSSR count). The first-order chi connectivity index (χ1) is 8.19. The molecule has 1 atom stereocenters. The number of carbonyl (C=O) groups excluding carboxylic acids is 1. The van der Waals surface area contributed by atoms with Gasteiger partial charge in [-0.2, -0.15) is 0 Å². The SMILES string of the molecule is C=CCC(N)C(=O)N(CC)Cc1ccncc1. The molecule has 0 saturated carbocycles. The molecule has 0 aliphatic carbocycles. The van der Waals surface area contributed by atoms with Crippen LogP contribution >= 0.6 is 0 Å². The van der Waals surface area contributed by atoms with Crippen LogP contribution in [0.25, 0.3) is 0 Å². The first kappa shape index (κ1) is 13.4. The highest BCUT2D eigenvalue weighted by Gasteiger charge is 2.18. The van der Waals surface area contributed by atoms with E-state index in [1.54, 1.807) is 23.4 Å². The first-order valence-electron chi connectivity index (χ1n) is 5.73. The van der Waals surface area contributed by atoms with Gasteiger partial charge in [0, 0.05) is 25.5 Å². The Labute approximate surface area is 102 Å². The zero-order chi connectivity index (χ0) is 12.7. The highest BCUT2D eigenvalue weighted by molar-refractivity contribution is 5.81. The summed E-state index contributed by atoms with van der Waals surface area (Å²) in [6.07, 6.45) is 5.61. The Hall–Kier alpha value is -1.68. The molecule has 0 spiro atoms. The smallest absolute Gasteiger partial charge is 0.240 e. The molecule has 4 nitrogen and oxygen atoms in total. The van der Waals surface area contributed by atoms with Gasteiger partial charge in [-0.15, -0.1) is 6.58 Å². The number of aromatic nitrogens is 1. The highest BCUT2D eigenvalue weighted by Crippen LogP contribution is 2.05. The number of hydrogen-bond donors (Lipinski definition) is 1. The predicted molar refractivity (Wildman–Crippen MR) is 68.1 cm³/mol. The lowest BCUT2D eigenvalue weighted by Crippen LogP contribution is -2.43. The molecule has 0 saturated heterocycles. The van der Waals surface area contributed by atoms with E-state index >= 15 is 0 Å². The van der Waals surface area contributed by atoms with E-state index in [-0.39, 0.29) is 5.91 Å². The largest absolute Gasteiger partial charge is 0.337 e. The number of nitrogens with two attached hydrogens (primary N) is 1. The van der Waals surface area contributed by atoms with Crippen LogP contribution in [0.5, 0.6) is 0 Å². The van der Waals surface area contributed by atoms with Crippen molar-refractivity contribution in [3.05, 3.63) is 42.7 Å². The summed E-state index contributed by atoms with van der Waals surface area (Å²) in [5, 5.41) is 0. The number of pyridine rings is 1. The van der Waals surface area contributed by atoms with Gasteiger partial charge >= 0.3 is 0 Å². The normalized spacial score (nSPS) is 11.9. The van der Waals surface area contributed by atoms with Gasteiger partial charge in [0.05, 0.1) is 6.04 Å². The van der Waals surface area contributed by atoms with Crippen LogP contribution in [0.15, 0.2) is 37.2 Å². The van der Waals surface area contributed by atoms with Gasteiger partial charge in [0.2, 0.25) is 5.91 Å². The number of amides is 1. The minimum atomic E-state index is -0.491. The number of likely N-dealkylation sites (N-methyl/N-ethyl adjacent to an activating group) is 1. The van der Waals surface area contributed by atoms with Crippen molar-refractivity contribution in [2.75, 3.05) is 6.54 Å². The van der Waals surface area contributed by atoms with E-state index in [1.807, 2.05) is 19.1 Å². The molecule has 1 unspecified atom stereocenters. The molecular formula is C13H19N3O. The predicted octanol–water partition coefficient (Wildman–Crippen LogP) is 1.33. The number of nitrogens with zero attached hydrogens (tertiary/aromatic N) is 2. The second-order valence-electron chi connectivity index (χ2n) is 3.84. The van der Waals surface area contributed by atoms with Crippen LogP contribution in [-0.4, -0.2) is 28.4 Å². The highest BCUT2D eigenvalue weighted by atomic mass is 16.2. The van der Waals surface area contributed by atoms with Gasteiger partial charge in [0.25, 0.3) is 0 Å². The summed E-state index contributed by atoms with van der Waals surface area (Å²) in [7, 11) is 0. The maximum absolute atomic E-state index is 12.0. The lowest BCUT2D eigenvalue weighted by atomic mass is 10.1. The Morgan fingerprint density at radius 3 is 2.76 bits per heavy atom. The Balaban J connectivity index is 2.65. The van der Waals surface area contributed by atoms with Crippen LogP contribution in [-0.2, 0) is 11.3 Å². The molecule has 1 heterocycles. The van der Waals surface area contributed by atoms with Crippen molar-refractivity contribution < 1.29 is 4.79 Å². The summed E-state index contributed by atoms with van der Waals surface area (Å²) in [5.41, 5.74) is 6.84. The molecule has 2 N–H and O–H groups in total. The molecule has 0 radical (unpaired) electrons. The van der Waals surface area contributed by atoms with Crippen LogP contribution in [0.2, 0.25) is 0 Å². The molecule has 1 aromatic heterocycles. The third-order valence-electron chi connectivity index (χ3n) is 2.55. The number of carbonyl (C=O) groups is 1. The molecule has 1 aromatic rings. The fraction of sp³-hybridized carbons (Fsp3) is 0.385. The molecule has 0 fully saturated rings. The Morgan fingerprint density at radius 2 is 2.24 bits per heavy atom. The van der Waals surface area contributed by atoms with Crippen LogP contribution < -0.4 is 5.73 Å². The van der Waals surface area contributed by atoms with E-state index < -0.39 is 6.04 Å². The first-order valence-corrected chi connectivity index (χ1v) is 5.73. The zero-order valence-corrected chi connectivity index (χ0v) is 10.2. The van der Waals surface area contributed by atoms with E-state index in [4.69, 9.17) is 5.73 Å². The third kappa shape index (κ3) is 4.00. The van der Waals surface area contributed by atoms with Crippen molar-refractivity contribution in [1.29, 1.82) is 0 Å². The molecule has 0 aromatic carbocycles. The van der Waals surface area contributed by atoms with Crippen molar-refractivity contribution in [3.63, 3.8) is 0 Å². The van der Waals surface area contributed by atoms with Gasteiger partial charge in [-0.25, -0.2) is 0 Å². The monoisotopic (exact) mass is 233 g/mol. The molecule has 4 heteroatoms. The van der Waals surface area contributed by atoms with Crippen molar-refractivity contribution >= 4 is 5.91 Å². The molecular weight excluding hydrogens is 214 g/mol. The number of hydrogen-bond acceptors (Lipinski definition) is 3. The average Bonchev–Trinajstić information content (AvgIpc) is 2.36. The minimum Gasteiger partial charge on any atom is -0.337 e. The fourth-order valence-corrected chi connectivity index (χ4v) is 1.57. The van der Waals surface area contributed by atoms with Crippen molar-refractivity contribution in [1.82, 2.24) is 9.88 Å². The number of rotatable bonds is 6. The van der Waals surface area contributed by atoms with Gasteiger partial charge in [0.1, 0.15) is 0 Å². The average molecular weight is 233 g/mol.